The standard InChI is InChI=1S/C18H18FN3O2S/c1-12-9-10-16(11-17(12)19)25(23,24)21-18-13(2)20-22(14(18)3)15-7-5-4-6-8-15/h4-11,21H,1-3H3. The Morgan fingerprint density at radius 2 is 1.72 bits per heavy atom. The van der Waals surface area contributed by atoms with Gasteiger partial charge in [0.25, 0.3) is 10.0 Å². The number of nitrogens with one attached hydrogen (secondary N) is 1. The molecule has 3 aromatic rings. The van der Waals surface area contributed by atoms with E-state index in [1.54, 1.807) is 25.5 Å². The molecule has 0 aliphatic carbocycles. The summed E-state index contributed by atoms with van der Waals surface area (Å²) in [5.74, 6) is -0.559. The third-order valence-electron chi connectivity index (χ3n) is 3.98. The molecule has 1 N–H and O–H groups in total. The van der Waals surface area contributed by atoms with Crippen LogP contribution in [0, 0.1) is 26.6 Å². The van der Waals surface area contributed by atoms with Gasteiger partial charge in [-0.3, -0.25) is 4.72 Å². The molecule has 0 spiro atoms. The largest absolute Gasteiger partial charge is 0.276 e. The van der Waals surface area contributed by atoms with Crippen LogP contribution in [0.1, 0.15) is 17.0 Å². The number of aromatic nitrogens is 2. The fourth-order valence-electron chi connectivity index (χ4n) is 2.55. The number of halogens is 1. The lowest BCUT2D eigenvalue weighted by Crippen LogP contribution is -2.14. The van der Waals surface area contributed by atoms with Gasteiger partial charge in [-0.25, -0.2) is 17.5 Å². The Kier molecular flexibility index (Phi) is 4.34. The van der Waals surface area contributed by atoms with Gasteiger partial charge in [-0.05, 0) is 50.6 Å². The van der Waals surface area contributed by atoms with Crippen LogP contribution >= 0.6 is 0 Å². The average Bonchev–Trinajstić information content (AvgIpc) is 2.86. The van der Waals surface area contributed by atoms with E-state index < -0.39 is 15.8 Å². The van der Waals surface area contributed by atoms with Gasteiger partial charge < -0.3 is 0 Å². The van der Waals surface area contributed by atoms with Gasteiger partial charge in [0.1, 0.15) is 5.82 Å². The van der Waals surface area contributed by atoms with Crippen molar-refractivity contribution in [3.8, 4) is 5.69 Å². The molecule has 1 heterocycles. The molecular formula is C18H18FN3O2S. The highest BCUT2D eigenvalue weighted by Gasteiger charge is 2.21. The zero-order chi connectivity index (χ0) is 18.2. The van der Waals surface area contributed by atoms with Crippen molar-refractivity contribution in [2.45, 2.75) is 25.7 Å². The first-order valence-corrected chi connectivity index (χ1v) is 9.18. The summed E-state index contributed by atoms with van der Waals surface area (Å²) >= 11 is 0. The minimum absolute atomic E-state index is 0.123. The number of aryl methyl sites for hydroxylation is 2. The topological polar surface area (TPSA) is 64.0 Å². The second-order valence-electron chi connectivity index (χ2n) is 5.81. The van der Waals surface area contributed by atoms with Gasteiger partial charge in [-0.15, -0.1) is 0 Å². The highest BCUT2D eigenvalue weighted by molar-refractivity contribution is 7.92. The molecule has 0 aliphatic heterocycles. The van der Waals surface area contributed by atoms with Crippen LogP contribution in [0.25, 0.3) is 5.69 Å². The fraction of sp³-hybridized carbons (Fsp3) is 0.167. The van der Waals surface area contributed by atoms with Crippen LogP contribution in [0.15, 0.2) is 53.4 Å². The zero-order valence-corrected chi connectivity index (χ0v) is 14.9. The van der Waals surface area contributed by atoms with Crippen molar-refractivity contribution in [1.82, 2.24) is 9.78 Å². The van der Waals surface area contributed by atoms with E-state index in [4.69, 9.17) is 0 Å². The van der Waals surface area contributed by atoms with Gasteiger partial charge in [0, 0.05) is 0 Å². The summed E-state index contributed by atoms with van der Waals surface area (Å²) in [5, 5.41) is 4.41. The highest BCUT2D eigenvalue weighted by atomic mass is 32.2. The van der Waals surface area contributed by atoms with E-state index in [1.165, 1.54) is 12.1 Å². The molecule has 3 rings (SSSR count). The lowest BCUT2D eigenvalue weighted by molar-refractivity contribution is 0.593. The monoisotopic (exact) mass is 359 g/mol. The lowest BCUT2D eigenvalue weighted by Gasteiger charge is -2.10. The van der Waals surface area contributed by atoms with Crippen LogP contribution in [-0.4, -0.2) is 18.2 Å². The van der Waals surface area contributed by atoms with Gasteiger partial charge >= 0.3 is 0 Å². The highest BCUT2D eigenvalue weighted by Crippen LogP contribution is 2.26. The molecule has 1 aromatic heterocycles. The zero-order valence-electron chi connectivity index (χ0n) is 14.1. The number of para-hydroxylation sites is 1. The van der Waals surface area contributed by atoms with Crippen LogP contribution in [0.3, 0.4) is 0 Å². The SMILES string of the molecule is Cc1ccc(S(=O)(=O)Nc2c(C)nn(-c3ccccc3)c2C)cc1F. The van der Waals surface area contributed by atoms with E-state index in [2.05, 4.69) is 9.82 Å². The molecule has 0 unspecified atom stereocenters. The molecule has 25 heavy (non-hydrogen) atoms. The number of benzene rings is 2. The molecule has 5 nitrogen and oxygen atoms in total. The normalized spacial score (nSPS) is 11.5. The minimum Gasteiger partial charge on any atom is -0.276 e. The number of hydrogen-bond donors (Lipinski definition) is 1. The van der Waals surface area contributed by atoms with E-state index in [0.717, 1.165) is 11.8 Å². The second-order valence-corrected chi connectivity index (χ2v) is 7.49. The molecule has 0 aliphatic rings. The average molecular weight is 359 g/mol. The van der Waals surface area contributed by atoms with E-state index >= 15 is 0 Å². The minimum atomic E-state index is -3.91. The number of rotatable bonds is 4. The predicted molar refractivity (Wildman–Crippen MR) is 95.0 cm³/mol. The Bertz CT molecular complexity index is 1030. The second kappa shape index (κ2) is 6.33. The van der Waals surface area contributed by atoms with Crippen molar-refractivity contribution in [1.29, 1.82) is 0 Å². The van der Waals surface area contributed by atoms with Crippen molar-refractivity contribution in [2.24, 2.45) is 0 Å². The first-order chi connectivity index (χ1) is 11.8. The predicted octanol–water partition coefficient (Wildman–Crippen LogP) is 3.74. The van der Waals surface area contributed by atoms with Crippen LogP contribution in [0.4, 0.5) is 10.1 Å². The molecule has 2 aromatic carbocycles. The van der Waals surface area contributed by atoms with Crippen molar-refractivity contribution >= 4 is 15.7 Å². The molecular weight excluding hydrogens is 341 g/mol. The summed E-state index contributed by atoms with van der Waals surface area (Å²) in [6.07, 6.45) is 0. The van der Waals surface area contributed by atoms with Crippen molar-refractivity contribution in [2.75, 3.05) is 4.72 Å². The number of anilines is 1. The molecule has 0 bridgehead atoms. The summed E-state index contributed by atoms with van der Waals surface area (Å²) in [7, 11) is -3.91. The van der Waals surface area contributed by atoms with Crippen molar-refractivity contribution in [3.05, 3.63) is 71.3 Å². The summed E-state index contributed by atoms with van der Waals surface area (Å²) in [5.41, 5.74) is 2.81. The maximum Gasteiger partial charge on any atom is 0.262 e. The van der Waals surface area contributed by atoms with Gasteiger partial charge in [0.2, 0.25) is 0 Å². The Labute approximate surface area is 146 Å². The third-order valence-corrected chi connectivity index (χ3v) is 5.33. The van der Waals surface area contributed by atoms with Crippen LogP contribution in [0.5, 0.6) is 0 Å². The van der Waals surface area contributed by atoms with Gasteiger partial charge in [0.05, 0.1) is 27.7 Å². The van der Waals surface area contributed by atoms with Gasteiger partial charge in [0.15, 0.2) is 0 Å². The summed E-state index contributed by atoms with van der Waals surface area (Å²) in [4.78, 5) is -0.123. The van der Waals surface area contributed by atoms with E-state index in [1.807, 2.05) is 30.3 Å². The van der Waals surface area contributed by atoms with Crippen LogP contribution < -0.4 is 4.72 Å². The molecule has 0 atom stereocenters. The quantitative estimate of drug-likeness (QED) is 0.772. The molecule has 130 valence electrons. The maximum absolute atomic E-state index is 13.7. The maximum atomic E-state index is 13.7. The van der Waals surface area contributed by atoms with Crippen molar-refractivity contribution in [3.63, 3.8) is 0 Å². The molecule has 7 heteroatoms. The summed E-state index contributed by atoms with van der Waals surface area (Å²) < 4.78 is 43.1. The first kappa shape index (κ1) is 17.2. The lowest BCUT2D eigenvalue weighted by atomic mass is 10.2. The number of sulfonamides is 1. The molecule has 0 saturated heterocycles. The summed E-state index contributed by atoms with van der Waals surface area (Å²) in [6.45, 7) is 5.08. The van der Waals surface area contributed by atoms with Crippen LogP contribution in [0.2, 0.25) is 0 Å². The van der Waals surface area contributed by atoms with Gasteiger partial charge in [-0.1, -0.05) is 24.3 Å². The first-order valence-electron chi connectivity index (χ1n) is 7.70. The van der Waals surface area contributed by atoms with Crippen molar-refractivity contribution < 1.29 is 12.8 Å². The Hall–Kier alpha value is -2.67. The number of hydrogen-bond acceptors (Lipinski definition) is 3. The van der Waals surface area contributed by atoms with Crippen LogP contribution in [-0.2, 0) is 10.0 Å². The smallest absolute Gasteiger partial charge is 0.262 e. The molecule has 0 amide bonds. The Morgan fingerprint density at radius 3 is 2.36 bits per heavy atom. The molecule has 0 radical (unpaired) electrons. The van der Waals surface area contributed by atoms with E-state index in [0.29, 0.717) is 22.6 Å². The Balaban J connectivity index is 2.00. The number of nitrogens with zero attached hydrogens (tertiary/aromatic N) is 2. The summed E-state index contributed by atoms with van der Waals surface area (Å²) in [6, 6.07) is 13.3. The Morgan fingerprint density at radius 1 is 1.04 bits per heavy atom. The van der Waals surface area contributed by atoms with E-state index in [-0.39, 0.29) is 4.90 Å². The van der Waals surface area contributed by atoms with Gasteiger partial charge in [-0.2, -0.15) is 5.10 Å². The third kappa shape index (κ3) is 3.28. The fourth-order valence-corrected chi connectivity index (χ4v) is 3.73. The molecule has 0 fully saturated rings. The van der Waals surface area contributed by atoms with E-state index in [9.17, 15) is 12.8 Å². The molecule has 0 saturated carbocycles.